The monoisotopic (exact) mass is 339 g/mol. The van der Waals surface area contributed by atoms with E-state index in [0.29, 0.717) is 0 Å². The van der Waals surface area contributed by atoms with Gasteiger partial charge in [-0.05, 0) is 43.9 Å². The predicted octanol–water partition coefficient (Wildman–Crippen LogP) is 4.34. The predicted molar refractivity (Wildman–Crippen MR) is 94.8 cm³/mol. The molecule has 0 saturated heterocycles. The number of methoxy groups -OCH3 is 2. The maximum Gasteiger partial charge on any atom is 0.161 e. The second-order valence-electron chi connectivity index (χ2n) is 4.96. The molecule has 2 aromatic rings. The van der Waals surface area contributed by atoms with Crippen LogP contribution < -0.4 is 9.47 Å². The molecule has 0 saturated carbocycles. The van der Waals surface area contributed by atoms with Crippen molar-refractivity contribution in [3.63, 3.8) is 0 Å². The number of hydrogen-bond acceptors (Lipinski definition) is 4. The molecule has 0 bridgehead atoms. The van der Waals surface area contributed by atoms with Crippen LogP contribution in [0.2, 0.25) is 0 Å². The van der Waals surface area contributed by atoms with Crippen molar-refractivity contribution in [2.45, 2.75) is 16.3 Å². The smallest absolute Gasteiger partial charge is 0.161 e. The molecule has 0 aliphatic rings. The first-order chi connectivity index (χ1) is 10.1. The third-order valence-corrected chi connectivity index (χ3v) is 4.15. The Balaban J connectivity index is 0.00000242. The third-order valence-electron chi connectivity index (χ3n) is 3.04. The maximum atomic E-state index is 5.36. The van der Waals surface area contributed by atoms with Gasteiger partial charge in [0.05, 0.1) is 14.2 Å². The van der Waals surface area contributed by atoms with Gasteiger partial charge in [0.25, 0.3) is 0 Å². The largest absolute Gasteiger partial charge is 0.493 e. The van der Waals surface area contributed by atoms with E-state index in [1.807, 2.05) is 12.1 Å². The van der Waals surface area contributed by atoms with Crippen LogP contribution in [0.5, 0.6) is 11.5 Å². The summed E-state index contributed by atoms with van der Waals surface area (Å²) in [7, 11) is 7.47. The summed E-state index contributed by atoms with van der Waals surface area (Å²) >= 11 is 1.74. The van der Waals surface area contributed by atoms with Gasteiger partial charge < -0.3 is 14.4 Å². The average molecular weight is 340 g/mol. The molecule has 0 fully saturated rings. The molecule has 0 aliphatic heterocycles. The van der Waals surface area contributed by atoms with Crippen molar-refractivity contribution in [1.82, 2.24) is 4.90 Å². The third kappa shape index (κ3) is 4.83. The lowest BCUT2D eigenvalue weighted by Gasteiger charge is -2.14. The Bertz CT molecular complexity index is 605. The average Bonchev–Trinajstić information content (AvgIpc) is 2.48. The Labute approximate surface area is 143 Å². The van der Waals surface area contributed by atoms with Gasteiger partial charge in [0.1, 0.15) is 0 Å². The minimum atomic E-state index is 0. The number of rotatable bonds is 6. The van der Waals surface area contributed by atoms with Gasteiger partial charge in [-0.3, -0.25) is 0 Å². The molecule has 3 nitrogen and oxygen atoms in total. The van der Waals surface area contributed by atoms with Crippen molar-refractivity contribution in [1.29, 1.82) is 0 Å². The lowest BCUT2D eigenvalue weighted by molar-refractivity contribution is 0.354. The summed E-state index contributed by atoms with van der Waals surface area (Å²) in [6.07, 6.45) is 0. The molecule has 0 spiro atoms. The molecule has 0 aromatic heterocycles. The van der Waals surface area contributed by atoms with Gasteiger partial charge in [0, 0.05) is 16.3 Å². The minimum absolute atomic E-state index is 0. The van der Waals surface area contributed by atoms with Crippen LogP contribution in [0.4, 0.5) is 0 Å². The van der Waals surface area contributed by atoms with Crippen LogP contribution in [-0.2, 0) is 6.54 Å². The van der Waals surface area contributed by atoms with Crippen LogP contribution in [0.3, 0.4) is 0 Å². The number of nitrogens with zero attached hydrogens (tertiary/aromatic N) is 1. The molecule has 120 valence electrons. The molecule has 0 atom stereocenters. The van der Waals surface area contributed by atoms with Gasteiger partial charge in [-0.25, -0.2) is 0 Å². The zero-order valence-electron chi connectivity index (χ0n) is 13.3. The maximum absolute atomic E-state index is 5.36. The van der Waals surface area contributed by atoms with Crippen LogP contribution in [0.1, 0.15) is 5.56 Å². The zero-order chi connectivity index (χ0) is 15.2. The molecule has 0 aliphatic carbocycles. The van der Waals surface area contributed by atoms with E-state index in [4.69, 9.17) is 9.47 Å². The lowest BCUT2D eigenvalue weighted by Crippen LogP contribution is -2.11. The van der Waals surface area contributed by atoms with Crippen molar-refractivity contribution in [3.05, 3.63) is 48.0 Å². The highest BCUT2D eigenvalue weighted by molar-refractivity contribution is 7.99. The van der Waals surface area contributed by atoms with E-state index >= 15 is 0 Å². The first kappa shape index (κ1) is 18.7. The molecule has 0 amide bonds. The molecule has 22 heavy (non-hydrogen) atoms. The summed E-state index contributed by atoms with van der Waals surface area (Å²) in [4.78, 5) is 4.57. The Kier molecular flexibility index (Phi) is 7.59. The Morgan fingerprint density at radius 1 is 0.955 bits per heavy atom. The fraction of sp³-hybridized carbons (Fsp3) is 0.294. The summed E-state index contributed by atoms with van der Waals surface area (Å²) in [6, 6.07) is 14.5. The van der Waals surface area contributed by atoms with Crippen molar-refractivity contribution in [2.75, 3.05) is 28.3 Å². The first-order valence-electron chi connectivity index (χ1n) is 6.76. The van der Waals surface area contributed by atoms with Crippen LogP contribution in [0.15, 0.2) is 52.3 Å². The van der Waals surface area contributed by atoms with E-state index < -0.39 is 0 Å². The molecule has 0 heterocycles. The molecule has 2 rings (SSSR count). The summed E-state index contributed by atoms with van der Waals surface area (Å²) < 4.78 is 10.6. The van der Waals surface area contributed by atoms with Gasteiger partial charge in [-0.2, -0.15) is 0 Å². The number of hydrogen-bond donors (Lipinski definition) is 0. The summed E-state index contributed by atoms with van der Waals surface area (Å²) in [5, 5.41) is 0. The fourth-order valence-electron chi connectivity index (χ4n) is 2.08. The Morgan fingerprint density at radius 2 is 1.64 bits per heavy atom. The second kappa shape index (κ2) is 8.93. The van der Waals surface area contributed by atoms with Gasteiger partial charge in [0.15, 0.2) is 11.5 Å². The van der Waals surface area contributed by atoms with E-state index in [1.54, 1.807) is 26.0 Å². The topological polar surface area (TPSA) is 21.7 Å². The highest BCUT2D eigenvalue weighted by atomic mass is 35.5. The van der Waals surface area contributed by atoms with E-state index in [2.05, 4.69) is 49.3 Å². The molecule has 5 heteroatoms. The molecule has 2 aromatic carbocycles. The standard InChI is InChI=1S/C17H21NO2S.ClH/c1-18(2)12-13-7-5-6-8-17(13)21-14-9-10-15(19-3)16(11-14)20-4;/h5-11H,12H2,1-4H3;1H. The molecular formula is C17H22ClNO2S. The van der Waals surface area contributed by atoms with Crippen molar-refractivity contribution >= 4 is 24.2 Å². The molecule has 0 N–H and O–H groups in total. The Hall–Kier alpha value is -1.36. The minimum Gasteiger partial charge on any atom is -0.493 e. The molecule has 0 unspecified atom stereocenters. The van der Waals surface area contributed by atoms with E-state index in [9.17, 15) is 0 Å². The van der Waals surface area contributed by atoms with Crippen LogP contribution >= 0.6 is 24.2 Å². The van der Waals surface area contributed by atoms with Crippen LogP contribution in [-0.4, -0.2) is 33.2 Å². The lowest BCUT2D eigenvalue weighted by atomic mass is 10.2. The van der Waals surface area contributed by atoms with E-state index in [-0.39, 0.29) is 12.4 Å². The second-order valence-corrected chi connectivity index (χ2v) is 6.08. The van der Waals surface area contributed by atoms with Gasteiger partial charge in [0.2, 0.25) is 0 Å². The summed E-state index contributed by atoms with van der Waals surface area (Å²) in [6.45, 7) is 0.927. The quantitative estimate of drug-likeness (QED) is 0.780. The van der Waals surface area contributed by atoms with Crippen molar-refractivity contribution in [3.8, 4) is 11.5 Å². The Morgan fingerprint density at radius 3 is 2.27 bits per heavy atom. The van der Waals surface area contributed by atoms with E-state index in [0.717, 1.165) is 22.9 Å². The van der Waals surface area contributed by atoms with Crippen molar-refractivity contribution < 1.29 is 9.47 Å². The number of benzene rings is 2. The van der Waals surface area contributed by atoms with Gasteiger partial charge in [-0.1, -0.05) is 30.0 Å². The highest BCUT2D eigenvalue weighted by Crippen LogP contribution is 2.36. The summed E-state index contributed by atoms with van der Waals surface area (Å²) in [5.41, 5.74) is 1.32. The van der Waals surface area contributed by atoms with Crippen molar-refractivity contribution in [2.24, 2.45) is 0 Å². The van der Waals surface area contributed by atoms with Crippen LogP contribution in [0.25, 0.3) is 0 Å². The SMILES string of the molecule is COc1ccc(Sc2ccccc2CN(C)C)cc1OC.Cl. The van der Waals surface area contributed by atoms with Gasteiger partial charge >= 0.3 is 0 Å². The number of ether oxygens (including phenoxy) is 2. The normalized spacial score (nSPS) is 10.2. The summed E-state index contributed by atoms with van der Waals surface area (Å²) in [5.74, 6) is 1.51. The fourth-order valence-corrected chi connectivity index (χ4v) is 3.05. The van der Waals surface area contributed by atoms with Crippen LogP contribution in [0, 0.1) is 0 Å². The zero-order valence-corrected chi connectivity index (χ0v) is 15.0. The van der Waals surface area contributed by atoms with E-state index in [1.165, 1.54) is 10.5 Å². The highest BCUT2D eigenvalue weighted by Gasteiger charge is 2.08. The molecule has 0 radical (unpaired) electrons. The number of halogens is 1. The van der Waals surface area contributed by atoms with Gasteiger partial charge in [-0.15, -0.1) is 12.4 Å². The first-order valence-corrected chi connectivity index (χ1v) is 7.58. The molecular weight excluding hydrogens is 318 g/mol.